The van der Waals surface area contributed by atoms with E-state index < -0.39 is 0 Å². The summed E-state index contributed by atoms with van der Waals surface area (Å²) in [5, 5.41) is 3.16. The largest absolute Gasteiger partial charge is 0.389 e. The predicted molar refractivity (Wildman–Crippen MR) is 78.8 cm³/mol. The Labute approximate surface area is 113 Å². The van der Waals surface area contributed by atoms with Crippen LogP contribution in [0.2, 0.25) is 0 Å². The van der Waals surface area contributed by atoms with Gasteiger partial charge in [0.1, 0.15) is 11.0 Å². The molecule has 4 nitrogen and oxygen atoms in total. The van der Waals surface area contributed by atoms with Crippen LogP contribution < -0.4 is 11.1 Å². The summed E-state index contributed by atoms with van der Waals surface area (Å²) in [4.78, 5) is 13.7. The third-order valence-corrected chi connectivity index (χ3v) is 2.84. The molecule has 0 aliphatic heterocycles. The van der Waals surface area contributed by atoms with E-state index in [4.69, 9.17) is 18.0 Å². The monoisotopic (exact) mass is 265 g/mol. The molecule has 0 saturated heterocycles. The van der Waals surface area contributed by atoms with E-state index in [-0.39, 0.29) is 11.9 Å². The SMILES string of the molecule is Cc1ccc(C(N)=S)c(NC(C)C(=O)N(C)C)c1. The van der Waals surface area contributed by atoms with E-state index in [0.717, 1.165) is 16.8 Å². The molecule has 1 rings (SSSR count). The van der Waals surface area contributed by atoms with Gasteiger partial charge in [0.2, 0.25) is 5.91 Å². The maximum Gasteiger partial charge on any atom is 0.244 e. The Morgan fingerprint density at radius 3 is 2.56 bits per heavy atom. The number of hydrogen-bond acceptors (Lipinski definition) is 3. The summed E-state index contributed by atoms with van der Waals surface area (Å²) >= 11 is 5.01. The number of aryl methyl sites for hydroxylation is 1. The van der Waals surface area contributed by atoms with Crippen molar-refractivity contribution in [1.29, 1.82) is 0 Å². The molecule has 0 spiro atoms. The Kier molecular flexibility index (Phi) is 4.67. The first kappa shape index (κ1) is 14.4. The molecule has 1 aromatic carbocycles. The van der Waals surface area contributed by atoms with E-state index in [1.54, 1.807) is 19.0 Å². The highest BCUT2D eigenvalue weighted by atomic mass is 32.1. The van der Waals surface area contributed by atoms with Crippen LogP contribution in [0, 0.1) is 6.92 Å². The predicted octanol–water partition coefficient (Wildman–Crippen LogP) is 1.52. The number of nitrogens with one attached hydrogen (secondary N) is 1. The number of hydrogen-bond donors (Lipinski definition) is 2. The molecular weight excluding hydrogens is 246 g/mol. The van der Waals surface area contributed by atoms with Gasteiger partial charge in [0.15, 0.2) is 0 Å². The Morgan fingerprint density at radius 2 is 2.06 bits per heavy atom. The molecule has 0 radical (unpaired) electrons. The van der Waals surface area contributed by atoms with Crippen LogP contribution in [0.3, 0.4) is 0 Å². The minimum Gasteiger partial charge on any atom is -0.389 e. The first-order chi connectivity index (χ1) is 8.32. The van der Waals surface area contributed by atoms with Crippen LogP contribution in [-0.2, 0) is 4.79 Å². The summed E-state index contributed by atoms with van der Waals surface area (Å²) < 4.78 is 0. The summed E-state index contributed by atoms with van der Waals surface area (Å²) in [6.45, 7) is 3.79. The third-order valence-electron chi connectivity index (χ3n) is 2.62. The van der Waals surface area contributed by atoms with Gasteiger partial charge < -0.3 is 16.0 Å². The molecule has 98 valence electrons. The molecule has 3 N–H and O–H groups in total. The van der Waals surface area contributed by atoms with Crippen molar-refractivity contribution in [3.05, 3.63) is 29.3 Å². The van der Waals surface area contributed by atoms with Gasteiger partial charge in [0.05, 0.1) is 0 Å². The van der Waals surface area contributed by atoms with E-state index in [1.807, 2.05) is 32.0 Å². The number of likely N-dealkylation sites (N-methyl/N-ethyl adjacent to an activating group) is 1. The number of amides is 1. The first-order valence-corrected chi connectivity index (χ1v) is 6.12. The molecule has 0 aliphatic carbocycles. The molecule has 0 saturated carbocycles. The molecular formula is C13H19N3OS. The molecule has 1 aromatic rings. The molecule has 18 heavy (non-hydrogen) atoms. The Hall–Kier alpha value is -1.62. The highest BCUT2D eigenvalue weighted by Gasteiger charge is 2.16. The molecule has 0 aromatic heterocycles. The second-order valence-electron chi connectivity index (χ2n) is 4.51. The standard InChI is InChI=1S/C13H19N3OS/c1-8-5-6-10(12(14)18)11(7-8)15-9(2)13(17)16(3)4/h5-7,9,15H,1-4H3,(H2,14,18). The zero-order valence-electron chi connectivity index (χ0n) is 11.2. The van der Waals surface area contributed by atoms with E-state index in [1.165, 1.54) is 0 Å². The average Bonchev–Trinajstić information content (AvgIpc) is 2.27. The zero-order chi connectivity index (χ0) is 13.9. The van der Waals surface area contributed by atoms with Crippen LogP contribution in [-0.4, -0.2) is 35.9 Å². The van der Waals surface area contributed by atoms with Crippen molar-refractivity contribution in [1.82, 2.24) is 4.90 Å². The molecule has 1 amide bonds. The molecule has 0 fully saturated rings. The van der Waals surface area contributed by atoms with Crippen LogP contribution in [0.5, 0.6) is 0 Å². The third kappa shape index (κ3) is 3.43. The molecule has 1 atom stereocenters. The van der Waals surface area contributed by atoms with Crippen LogP contribution >= 0.6 is 12.2 Å². The Morgan fingerprint density at radius 1 is 1.44 bits per heavy atom. The number of nitrogens with two attached hydrogens (primary N) is 1. The second kappa shape index (κ2) is 5.82. The van der Waals surface area contributed by atoms with E-state index in [2.05, 4.69) is 5.32 Å². The molecule has 0 heterocycles. The van der Waals surface area contributed by atoms with E-state index in [0.29, 0.717) is 4.99 Å². The summed E-state index contributed by atoms with van der Waals surface area (Å²) in [7, 11) is 3.45. The minimum atomic E-state index is -0.324. The van der Waals surface area contributed by atoms with Crippen molar-refractivity contribution in [3.8, 4) is 0 Å². The molecule has 0 aliphatic rings. The van der Waals surface area contributed by atoms with Crippen molar-refractivity contribution >= 4 is 28.8 Å². The molecule has 5 heteroatoms. The van der Waals surface area contributed by atoms with Gasteiger partial charge in [-0.3, -0.25) is 4.79 Å². The summed E-state index contributed by atoms with van der Waals surface area (Å²) in [6.07, 6.45) is 0. The Balaban J connectivity index is 2.99. The van der Waals surface area contributed by atoms with Gasteiger partial charge in [0, 0.05) is 25.3 Å². The summed E-state index contributed by atoms with van der Waals surface area (Å²) in [5.41, 5.74) is 8.31. The summed E-state index contributed by atoms with van der Waals surface area (Å²) in [6, 6.07) is 5.42. The van der Waals surface area contributed by atoms with Gasteiger partial charge in [-0.2, -0.15) is 0 Å². The van der Waals surface area contributed by atoms with Crippen molar-refractivity contribution in [2.45, 2.75) is 19.9 Å². The maximum absolute atomic E-state index is 11.8. The summed E-state index contributed by atoms with van der Waals surface area (Å²) in [5.74, 6) is 0.00500. The fourth-order valence-corrected chi connectivity index (χ4v) is 1.85. The fraction of sp³-hybridized carbons (Fsp3) is 0.385. The van der Waals surface area contributed by atoms with Crippen molar-refractivity contribution in [2.24, 2.45) is 5.73 Å². The molecule has 1 unspecified atom stereocenters. The zero-order valence-corrected chi connectivity index (χ0v) is 12.0. The van der Waals surface area contributed by atoms with Gasteiger partial charge in [-0.25, -0.2) is 0 Å². The van der Waals surface area contributed by atoms with Crippen LogP contribution in [0.25, 0.3) is 0 Å². The lowest BCUT2D eigenvalue weighted by Gasteiger charge is -2.20. The van der Waals surface area contributed by atoms with E-state index in [9.17, 15) is 4.79 Å². The number of thiocarbonyl (C=S) groups is 1. The number of nitrogens with zero attached hydrogens (tertiary/aromatic N) is 1. The minimum absolute atomic E-state index is 0.00500. The Bertz CT molecular complexity index is 471. The van der Waals surface area contributed by atoms with E-state index >= 15 is 0 Å². The van der Waals surface area contributed by atoms with Crippen molar-refractivity contribution in [2.75, 3.05) is 19.4 Å². The van der Waals surface area contributed by atoms with Gasteiger partial charge in [-0.15, -0.1) is 0 Å². The highest BCUT2D eigenvalue weighted by Crippen LogP contribution is 2.18. The number of carbonyl (C=O) groups excluding carboxylic acids is 1. The van der Waals surface area contributed by atoms with Crippen LogP contribution in [0.4, 0.5) is 5.69 Å². The number of anilines is 1. The van der Waals surface area contributed by atoms with Crippen molar-refractivity contribution in [3.63, 3.8) is 0 Å². The topological polar surface area (TPSA) is 58.4 Å². The number of rotatable bonds is 4. The lowest BCUT2D eigenvalue weighted by Crippen LogP contribution is -2.37. The van der Waals surface area contributed by atoms with Gasteiger partial charge in [-0.1, -0.05) is 18.3 Å². The normalized spacial score (nSPS) is 11.8. The van der Waals surface area contributed by atoms with Gasteiger partial charge in [0.25, 0.3) is 0 Å². The quantitative estimate of drug-likeness (QED) is 0.810. The van der Waals surface area contributed by atoms with Gasteiger partial charge >= 0.3 is 0 Å². The van der Waals surface area contributed by atoms with Crippen molar-refractivity contribution < 1.29 is 4.79 Å². The lowest BCUT2D eigenvalue weighted by molar-refractivity contribution is -0.129. The lowest BCUT2D eigenvalue weighted by atomic mass is 10.1. The van der Waals surface area contributed by atoms with Crippen LogP contribution in [0.15, 0.2) is 18.2 Å². The molecule has 0 bridgehead atoms. The van der Waals surface area contributed by atoms with Gasteiger partial charge in [-0.05, 0) is 31.5 Å². The maximum atomic E-state index is 11.8. The fourth-order valence-electron chi connectivity index (χ4n) is 1.67. The number of carbonyl (C=O) groups is 1. The van der Waals surface area contributed by atoms with Crippen LogP contribution in [0.1, 0.15) is 18.1 Å². The highest BCUT2D eigenvalue weighted by molar-refractivity contribution is 7.80. The second-order valence-corrected chi connectivity index (χ2v) is 4.95. The first-order valence-electron chi connectivity index (χ1n) is 5.71. The average molecular weight is 265 g/mol. The number of benzene rings is 1. The smallest absolute Gasteiger partial charge is 0.244 e.